The molecule has 3 fully saturated rings. The van der Waals surface area contributed by atoms with Crippen molar-refractivity contribution in [3.05, 3.63) is 16.0 Å². The molecule has 3 saturated heterocycles. The quantitative estimate of drug-likeness (QED) is 0.299. The molecule has 0 N–H and O–H groups in total. The Kier molecular flexibility index (Phi) is 23.2. The molecular weight excluding hydrogens is 428 g/mol. The minimum Gasteiger partial charge on any atom is -0.724 e. The van der Waals surface area contributed by atoms with Gasteiger partial charge in [-0.1, -0.05) is 93.9 Å². The van der Waals surface area contributed by atoms with Crippen LogP contribution in [0.5, 0.6) is 0 Å². The fourth-order valence-corrected chi connectivity index (χ4v) is 4.28. The first kappa shape index (κ1) is 39.2. The third kappa shape index (κ3) is 22.5. The zero-order valence-electron chi connectivity index (χ0n) is 22.0. The average molecular weight is 472 g/mol. The van der Waals surface area contributed by atoms with E-state index in [4.69, 9.17) is 25.6 Å². The van der Waals surface area contributed by atoms with Gasteiger partial charge < -0.3 is 20.8 Å². The maximum atomic E-state index is 8.24. The molecule has 3 rings (SSSR count). The number of piperidine rings is 2. The van der Waals surface area contributed by atoms with E-state index in [-0.39, 0.29) is 76.9 Å². The van der Waals surface area contributed by atoms with Gasteiger partial charge in [0.25, 0.3) is 0 Å². The van der Waals surface area contributed by atoms with Gasteiger partial charge >= 0.3 is 54.8 Å². The maximum Gasteiger partial charge on any atom is 1.00 e. The fraction of sp³-hybridized carbons (Fsp3) is 0.957. The number of hydrogen-bond donors (Lipinski definition) is 0. The first-order valence-corrected chi connectivity index (χ1v) is 10.8. The monoisotopic (exact) mass is 471 g/mol. The Bertz CT molecular complexity index is 410. The van der Waals surface area contributed by atoms with Crippen LogP contribution in [0.3, 0.4) is 0 Å². The summed E-state index contributed by atoms with van der Waals surface area (Å²) in [7, 11) is 0. The summed E-state index contributed by atoms with van der Waals surface area (Å²) < 4.78 is 4.94. The second kappa shape index (κ2) is 18.3. The molecule has 0 atom stereocenters. The summed E-state index contributed by atoms with van der Waals surface area (Å²) in [6.07, 6.45) is 10.8. The van der Waals surface area contributed by atoms with Crippen LogP contribution in [0.2, 0.25) is 0 Å². The maximum absolute atomic E-state index is 8.24. The molecular formula is C23H44CuLi2N3O2. The van der Waals surface area contributed by atoms with Crippen LogP contribution in [-0.4, -0.2) is 41.4 Å². The number of rotatable bonds is 0. The number of hydrogen-bond acceptors (Lipinski definition) is 2. The molecule has 3 aliphatic rings. The summed E-state index contributed by atoms with van der Waals surface area (Å²) in [5, 5.41) is 16.3. The topological polar surface area (TPSA) is 76.8 Å². The van der Waals surface area contributed by atoms with Gasteiger partial charge in [-0.05, 0) is 18.9 Å². The van der Waals surface area contributed by atoms with Crippen LogP contribution < -0.4 is 37.7 Å². The Morgan fingerprint density at radius 2 is 0.871 bits per heavy atom. The van der Waals surface area contributed by atoms with Crippen molar-refractivity contribution in [1.29, 1.82) is 0 Å². The molecule has 31 heavy (non-hydrogen) atoms. The van der Waals surface area contributed by atoms with Gasteiger partial charge in [-0.15, -0.1) is 22.2 Å². The van der Waals surface area contributed by atoms with Gasteiger partial charge in [-0.3, -0.25) is 4.79 Å². The molecule has 0 aromatic carbocycles. The van der Waals surface area contributed by atoms with Gasteiger partial charge in [0, 0.05) is 13.2 Å². The average Bonchev–Trinajstić information content (AvgIpc) is 3.02. The van der Waals surface area contributed by atoms with E-state index in [0.717, 1.165) is 13.2 Å². The Labute approximate surface area is 227 Å². The largest absolute Gasteiger partial charge is 1.00 e. The van der Waals surface area contributed by atoms with Crippen LogP contribution in [0, 0.1) is 0 Å². The van der Waals surface area contributed by atoms with Crippen LogP contribution in [0.15, 0.2) is 0 Å². The molecule has 5 nitrogen and oxygen atoms in total. The van der Waals surface area contributed by atoms with Gasteiger partial charge in [-0.2, -0.15) is 0 Å². The molecule has 3 aliphatic heterocycles. The number of nitrogens with zero attached hydrogens (tertiary/aromatic N) is 3. The molecule has 3 heterocycles. The first-order valence-electron chi connectivity index (χ1n) is 10.8. The van der Waals surface area contributed by atoms with Crippen molar-refractivity contribution in [1.82, 2.24) is 0 Å². The molecule has 0 radical (unpaired) electrons. The summed E-state index contributed by atoms with van der Waals surface area (Å²) >= 11 is 0. The molecule has 0 spiro atoms. The second-order valence-electron chi connectivity index (χ2n) is 10.6. The Morgan fingerprint density at radius 1 is 0.645 bits per heavy atom. The molecule has 0 saturated carbocycles. The van der Waals surface area contributed by atoms with Crippen molar-refractivity contribution >= 4 is 6.08 Å². The third-order valence-corrected chi connectivity index (χ3v) is 5.19. The van der Waals surface area contributed by atoms with Crippen molar-refractivity contribution in [2.75, 3.05) is 13.2 Å². The van der Waals surface area contributed by atoms with Gasteiger partial charge in [0.2, 0.25) is 0 Å². The summed E-state index contributed by atoms with van der Waals surface area (Å²) in [4.78, 5) is 8.24. The van der Waals surface area contributed by atoms with E-state index in [1.807, 2.05) is 0 Å². The standard InChI is InChI=1S/2C9H18N.C4H8O.CNO.Cu.2Li/c2*1-8(2)6-5-7-9(3,4)10-8;1-2-4-5-3-1;2-1-3;;;/h2*5-7H2,1-4H3;1-4H2;;;;/q2*-1;;-1;3*+1. The van der Waals surface area contributed by atoms with Gasteiger partial charge in [0.1, 0.15) is 0 Å². The van der Waals surface area contributed by atoms with Crippen molar-refractivity contribution in [2.24, 2.45) is 0 Å². The zero-order valence-corrected chi connectivity index (χ0v) is 23.0. The van der Waals surface area contributed by atoms with E-state index < -0.39 is 0 Å². The number of carbonyl (C=O) groups excluding carboxylic acids is 1. The number of ether oxygens (including phenoxy) is 1. The smallest absolute Gasteiger partial charge is 0.724 e. The van der Waals surface area contributed by atoms with Crippen LogP contribution in [0.25, 0.3) is 16.0 Å². The molecule has 0 unspecified atom stereocenters. The van der Waals surface area contributed by atoms with Crippen molar-refractivity contribution in [3.8, 4) is 0 Å². The summed E-state index contributed by atoms with van der Waals surface area (Å²) in [5.74, 6) is 0. The third-order valence-electron chi connectivity index (χ3n) is 5.19. The minimum atomic E-state index is 0. The van der Waals surface area contributed by atoms with E-state index >= 15 is 0 Å². The molecule has 0 aromatic rings. The van der Waals surface area contributed by atoms with E-state index in [1.54, 1.807) is 0 Å². The SMILES string of the molecule is C1CCOC1.CC1(C)CCCC(C)(C)[N-]1.CC1(C)CCCC(C)(C)[N-]1.[Cu+].[Li+].[Li+].[N-]=C=O. The van der Waals surface area contributed by atoms with E-state index in [9.17, 15) is 0 Å². The molecule has 0 amide bonds. The van der Waals surface area contributed by atoms with E-state index in [1.165, 1.54) is 51.4 Å². The first-order chi connectivity index (χ1) is 12.7. The van der Waals surface area contributed by atoms with Crippen LogP contribution in [-0.2, 0) is 26.6 Å². The Morgan fingerprint density at radius 3 is 0.968 bits per heavy atom. The predicted octanol–water partition coefficient (Wildman–Crippen LogP) is 0.896. The van der Waals surface area contributed by atoms with Crippen LogP contribution in [0.4, 0.5) is 0 Å². The van der Waals surface area contributed by atoms with Gasteiger partial charge in [-0.25, -0.2) is 0 Å². The normalized spacial score (nSPS) is 23.5. The van der Waals surface area contributed by atoms with Gasteiger partial charge in [0.15, 0.2) is 0 Å². The second-order valence-corrected chi connectivity index (χ2v) is 10.6. The fourth-order valence-electron chi connectivity index (χ4n) is 4.28. The van der Waals surface area contributed by atoms with E-state index in [2.05, 4.69) is 55.4 Å². The molecule has 0 aliphatic carbocycles. The molecule has 8 heteroatoms. The summed E-state index contributed by atoms with van der Waals surface area (Å²) in [5.41, 5.74) is 0.951. The van der Waals surface area contributed by atoms with Crippen LogP contribution >= 0.6 is 0 Å². The van der Waals surface area contributed by atoms with Gasteiger partial charge in [0.05, 0.1) is 0 Å². The van der Waals surface area contributed by atoms with Crippen molar-refractivity contribution in [3.63, 3.8) is 0 Å². The van der Waals surface area contributed by atoms with E-state index in [0.29, 0.717) is 6.08 Å². The number of isocyanates is 1. The van der Waals surface area contributed by atoms with Crippen molar-refractivity contribution in [2.45, 2.75) is 129 Å². The molecule has 0 aromatic heterocycles. The van der Waals surface area contributed by atoms with Crippen molar-refractivity contribution < 1.29 is 64.3 Å². The molecule has 0 bridgehead atoms. The Balaban J connectivity index is -0.000000164. The Hall–Kier alpha value is 0.974. The zero-order chi connectivity index (χ0) is 21.9. The summed E-state index contributed by atoms with van der Waals surface area (Å²) in [6.45, 7) is 19.8. The summed E-state index contributed by atoms with van der Waals surface area (Å²) in [6, 6.07) is 0. The minimum absolute atomic E-state index is 0. The predicted molar refractivity (Wildman–Crippen MR) is 120 cm³/mol. The van der Waals surface area contributed by atoms with Crippen LogP contribution in [0.1, 0.15) is 107 Å². The molecule has 176 valence electrons.